The van der Waals surface area contributed by atoms with E-state index in [1.807, 2.05) is 32.0 Å². The maximum Gasteiger partial charge on any atom is 0.312 e. The molecule has 2 rings (SSSR count). The molecule has 0 aliphatic heterocycles. The van der Waals surface area contributed by atoms with Gasteiger partial charge in [0.15, 0.2) is 0 Å². The molecule has 0 saturated carbocycles. The van der Waals surface area contributed by atoms with Gasteiger partial charge in [-0.2, -0.15) is 0 Å². The summed E-state index contributed by atoms with van der Waals surface area (Å²) in [5.74, 6) is -0.169. The van der Waals surface area contributed by atoms with Crippen molar-refractivity contribution in [1.82, 2.24) is 0 Å². The Labute approximate surface area is 138 Å². The quantitative estimate of drug-likeness (QED) is 0.791. The maximum atomic E-state index is 12.3. The molecule has 0 unspecified atom stereocenters. The van der Waals surface area contributed by atoms with Crippen LogP contribution in [0.3, 0.4) is 0 Å². The molecule has 0 aliphatic carbocycles. The van der Waals surface area contributed by atoms with Crippen molar-refractivity contribution in [3.8, 4) is 11.1 Å². The minimum absolute atomic E-state index is 0.169. The van der Waals surface area contributed by atoms with Gasteiger partial charge in [0.25, 0.3) is 0 Å². The molecule has 0 bridgehead atoms. The summed E-state index contributed by atoms with van der Waals surface area (Å²) in [6, 6.07) is 18.6. The van der Waals surface area contributed by atoms with E-state index in [0.29, 0.717) is 26.0 Å². The monoisotopic (exact) mass is 311 g/mol. The van der Waals surface area contributed by atoms with Crippen molar-refractivity contribution in [1.29, 1.82) is 0 Å². The molecule has 2 N–H and O–H groups in total. The molecule has 1 atom stereocenters. The Balaban J connectivity index is 2.16. The molecule has 0 aromatic heterocycles. The van der Waals surface area contributed by atoms with Crippen LogP contribution >= 0.6 is 0 Å². The molecule has 3 nitrogen and oxygen atoms in total. The summed E-state index contributed by atoms with van der Waals surface area (Å²) in [5.41, 5.74) is 8.60. The summed E-state index contributed by atoms with van der Waals surface area (Å²) in [7, 11) is 0. The van der Waals surface area contributed by atoms with Crippen LogP contribution in [-0.2, 0) is 16.0 Å². The van der Waals surface area contributed by atoms with Gasteiger partial charge in [-0.15, -0.1) is 0 Å². The maximum absolute atomic E-state index is 12.3. The largest absolute Gasteiger partial charge is 0.466 e. The second-order valence-electron chi connectivity index (χ2n) is 6.06. The Morgan fingerprint density at radius 1 is 1.04 bits per heavy atom. The molecule has 0 saturated heterocycles. The van der Waals surface area contributed by atoms with Gasteiger partial charge in [0.1, 0.15) is 0 Å². The third-order valence-electron chi connectivity index (χ3n) is 4.12. The first kappa shape index (κ1) is 17.2. The second-order valence-corrected chi connectivity index (χ2v) is 6.06. The Hall–Kier alpha value is -2.13. The van der Waals surface area contributed by atoms with Gasteiger partial charge in [-0.25, -0.2) is 0 Å². The lowest BCUT2D eigenvalue weighted by Crippen LogP contribution is -2.34. The minimum atomic E-state index is -0.570. The molecule has 2 aromatic carbocycles. The third kappa shape index (κ3) is 4.42. The summed E-state index contributed by atoms with van der Waals surface area (Å²) in [6.07, 6.45) is 1.25. The fourth-order valence-electron chi connectivity index (χ4n) is 2.78. The van der Waals surface area contributed by atoms with E-state index >= 15 is 0 Å². The van der Waals surface area contributed by atoms with Gasteiger partial charge < -0.3 is 10.5 Å². The van der Waals surface area contributed by atoms with E-state index < -0.39 is 5.41 Å². The summed E-state index contributed by atoms with van der Waals surface area (Å²) in [4.78, 5) is 12.3. The van der Waals surface area contributed by atoms with E-state index in [9.17, 15) is 4.79 Å². The van der Waals surface area contributed by atoms with Crippen LogP contribution in [0.2, 0.25) is 0 Å². The molecule has 0 spiro atoms. The first-order chi connectivity index (χ1) is 11.1. The molecule has 0 heterocycles. The number of nitrogens with two attached hydrogens (primary N) is 1. The van der Waals surface area contributed by atoms with Crippen LogP contribution in [0.1, 0.15) is 25.8 Å². The summed E-state index contributed by atoms with van der Waals surface area (Å²) in [6.45, 7) is 4.63. The fraction of sp³-hybridized carbons (Fsp3) is 0.350. The lowest BCUT2D eigenvalue weighted by atomic mass is 9.80. The molecule has 3 heteroatoms. The second kappa shape index (κ2) is 7.93. The summed E-state index contributed by atoms with van der Waals surface area (Å²) >= 11 is 0. The van der Waals surface area contributed by atoms with Gasteiger partial charge in [0.05, 0.1) is 12.0 Å². The molecule has 122 valence electrons. The fourth-order valence-corrected chi connectivity index (χ4v) is 2.78. The average Bonchev–Trinajstić information content (AvgIpc) is 2.57. The van der Waals surface area contributed by atoms with E-state index in [-0.39, 0.29) is 5.97 Å². The standard InChI is InChI=1S/C20H25NO2/c1-3-23-19(22)20(2,13-14-21)15-16-9-11-18(12-10-16)17-7-5-4-6-8-17/h4-12H,3,13-15,21H2,1-2H3/t20-/m0/s1. The number of carbonyl (C=O) groups excluding carboxylic acids is 1. The number of carbonyl (C=O) groups is 1. The van der Waals surface area contributed by atoms with Crippen molar-refractivity contribution in [2.45, 2.75) is 26.7 Å². The Bertz CT molecular complexity index is 622. The first-order valence-corrected chi connectivity index (χ1v) is 8.10. The van der Waals surface area contributed by atoms with Crippen LogP contribution in [0.15, 0.2) is 54.6 Å². The van der Waals surface area contributed by atoms with E-state index in [4.69, 9.17) is 10.5 Å². The van der Waals surface area contributed by atoms with Crippen molar-refractivity contribution < 1.29 is 9.53 Å². The zero-order valence-corrected chi connectivity index (χ0v) is 13.9. The molecule has 0 amide bonds. The Morgan fingerprint density at radius 3 is 2.22 bits per heavy atom. The van der Waals surface area contributed by atoms with Gasteiger partial charge in [-0.1, -0.05) is 54.6 Å². The number of esters is 1. The smallest absolute Gasteiger partial charge is 0.312 e. The van der Waals surface area contributed by atoms with E-state index in [0.717, 1.165) is 5.56 Å². The molecule has 23 heavy (non-hydrogen) atoms. The summed E-state index contributed by atoms with van der Waals surface area (Å²) in [5, 5.41) is 0. The Morgan fingerprint density at radius 2 is 1.65 bits per heavy atom. The molecular weight excluding hydrogens is 286 g/mol. The zero-order chi connectivity index (χ0) is 16.7. The van der Waals surface area contributed by atoms with E-state index in [2.05, 4.69) is 36.4 Å². The topological polar surface area (TPSA) is 52.3 Å². The van der Waals surface area contributed by atoms with Crippen LogP contribution in [0.25, 0.3) is 11.1 Å². The van der Waals surface area contributed by atoms with Crippen LogP contribution in [0.4, 0.5) is 0 Å². The molecule has 0 radical (unpaired) electrons. The normalized spacial score (nSPS) is 13.3. The van der Waals surface area contributed by atoms with Crippen molar-refractivity contribution >= 4 is 5.97 Å². The number of rotatable bonds is 7. The van der Waals surface area contributed by atoms with Gasteiger partial charge in [0.2, 0.25) is 0 Å². The van der Waals surface area contributed by atoms with Gasteiger partial charge in [-0.3, -0.25) is 4.79 Å². The lowest BCUT2D eigenvalue weighted by molar-refractivity contribution is -0.154. The van der Waals surface area contributed by atoms with Crippen molar-refractivity contribution in [3.63, 3.8) is 0 Å². The van der Waals surface area contributed by atoms with Gasteiger partial charge >= 0.3 is 5.97 Å². The van der Waals surface area contributed by atoms with Gasteiger partial charge in [0, 0.05) is 0 Å². The predicted octanol–water partition coefficient (Wildman–Crippen LogP) is 3.81. The first-order valence-electron chi connectivity index (χ1n) is 8.10. The number of benzene rings is 2. The highest BCUT2D eigenvalue weighted by Crippen LogP contribution is 2.29. The van der Waals surface area contributed by atoms with Gasteiger partial charge in [-0.05, 0) is 49.9 Å². The average molecular weight is 311 g/mol. The molecule has 0 aliphatic rings. The lowest BCUT2D eigenvalue weighted by Gasteiger charge is -2.27. The number of ether oxygens (including phenoxy) is 1. The van der Waals surface area contributed by atoms with Crippen LogP contribution in [0.5, 0.6) is 0 Å². The van der Waals surface area contributed by atoms with E-state index in [1.54, 1.807) is 0 Å². The zero-order valence-electron chi connectivity index (χ0n) is 13.9. The van der Waals surface area contributed by atoms with Crippen LogP contribution in [-0.4, -0.2) is 19.1 Å². The Kier molecular flexibility index (Phi) is 5.94. The molecule has 0 fully saturated rings. The molecular formula is C20H25NO2. The SMILES string of the molecule is CCOC(=O)[C@@](C)(CCN)Cc1ccc(-c2ccccc2)cc1. The third-order valence-corrected chi connectivity index (χ3v) is 4.12. The van der Waals surface area contributed by atoms with Crippen LogP contribution in [0, 0.1) is 5.41 Å². The van der Waals surface area contributed by atoms with Crippen LogP contribution < -0.4 is 5.73 Å². The van der Waals surface area contributed by atoms with Crippen molar-refractivity contribution in [3.05, 3.63) is 60.2 Å². The highest BCUT2D eigenvalue weighted by atomic mass is 16.5. The highest BCUT2D eigenvalue weighted by molar-refractivity contribution is 5.77. The van der Waals surface area contributed by atoms with Crippen molar-refractivity contribution in [2.75, 3.05) is 13.2 Å². The number of hydrogen-bond donors (Lipinski definition) is 1. The molecule has 2 aromatic rings. The van der Waals surface area contributed by atoms with E-state index in [1.165, 1.54) is 11.1 Å². The highest BCUT2D eigenvalue weighted by Gasteiger charge is 2.34. The minimum Gasteiger partial charge on any atom is -0.466 e. The van der Waals surface area contributed by atoms with Crippen molar-refractivity contribution in [2.24, 2.45) is 11.1 Å². The number of hydrogen-bond acceptors (Lipinski definition) is 3. The summed E-state index contributed by atoms with van der Waals surface area (Å²) < 4.78 is 5.23. The predicted molar refractivity (Wildman–Crippen MR) is 94.0 cm³/mol.